The largest absolute Gasteiger partial charge is 0.271 e. The van der Waals surface area contributed by atoms with E-state index >= 15 is 0 Å². The van der Waals surface area contributed by atoms with Crippen molar-refractivity contribution in [1.82, 2.24) is 5.43 Å². The average Bonchev–Trinajstić information content (AvgIpc) is 2.30. The molecule has 17 heavy (non-hydrogen) atoms. The molecule has 0 spiro atoms. The molecule has 0 bridgehead atoms. The first kappa shape index (κ1) is 16.9. The maximum atomic E-state index is 5.60. The Morgan fingerprint density at radius 1 is 0.824 bits per heavy atom. The smallest absolute Gasteiger partial charge is 0.0210 e. The Morgan fingerprint density at radius 3 is 2.00 bits per heavy atom. The highest BCUT2D eigenvalue weighted by Gasteiger charge is 2.06. The highest BCUT2D eigenvalue weighted by molar-refractivity contribution is 4.64. The van der Waals surface area contributed by atoms with Crippen molar-refractivity contribution >= 4 is 0 Å². The minimum Gasteiger partial charge on any atom is -0.271 e. The van der Waals surface area contributed by atoms with Gasteiger partial charge >= 0.3 is 0 Å². The Labute approximate surface area is 109 Å². The van der Waals surface area contributed by atoms with Crippen molar-refractivity contribution in [3.05, 3.63) is 0 Å². The number of hydrogen-bond acceptors (Lipinski definition) is 2. The summed E-state index contributed by atoms with van der Waals surface area (Å²) in [5.41, 5.74) is 2.98. The summed E-state index contributed by atoms with van der Waals surface area (Å²) in [6.45, 7) is 6.85. The topological polar surface area (TPSA) is 38.0 Å². The molecule has 2 heteroatoms. The molecule has 0 aromatic heterocycles. The highest BCUT2D eigenvalue weighted by atomic mass is 15.2. The van der Waals surface area contributed by atoms with Gasteiger partial charge in [-0.25, -0.2) is 0 Å². The molecular formula is C15H34N2. The van der Waals surface area contributed by atoms with Crippen LogP contribution in [0.5, 0.6) is 0 Å². The fraction of sp³-hybridized carbons (Fsp3) is 1.00. The first-order chi connectivity index (χ1) is 8.20. The summed E-state index contributed by atoms with van der Waals surface area (Å²) in [5, 5.41) is 0. The third-order valence-electron chi connectivity index (χ3n) is 3.48. The van der Waals surface area contributed by atoms with Gasteiger partial charge in [-0.2, -0.15) is 0 Å². The van der Waals surface area contributed by atoms with Gasteiger partial charge in [-0.3, -0.25) is 11.3 Å². The fourth-order valence-corrected chi connectivity index (χ4v) is 2.25. The predicted molar refractivity (Wildman–Crippen MR) is 77.8 cm³/mol. The monoisotopic (exact) mass is 242 g/mol. The quantitative estimate of drug-likeness (QED) is 0.302. The van der Waals surface area contributed by atoms with Crippen LogP contribution in [-0.2, 0) is 0 Å². The Balaban J connectivity index is 3.35. The van der Waals surface area contributed by atoms with Crippen LogP contribution in [0.15, 0.2) is 0 Å². The molecule has 0 heterocycles. The Morgan fingerprint density at radius 2 is 1.41 bits per heavy atom. The molecule has 0 aromatic carbocycles. The third kappa shape index (κ3) is 12.2. The van der Waals surface area contributed by atoms with E-state index < -0.39 is 0 Å². The van der Waals surface area contributed by atoms with Crippen LogP contribution in [-0.4, -0.2) is 6.04 Å². The lowest BCUT2D eigenvalue weighted by atomic mass is 9.99. The van der Waals surface area contributed by atoms with Crippen LogP contribution in [0, 0.1) is 5.92 Å². The summed E-state index contributed by atoms with van der Waals surface area (Å²) in [7, 11) is 0. The Kier molecular flexibility index (Phi) is 12.3. The van der Waals surface area contributed by atoms with E-state index in [9.17, 15) is 0 Å². The van der Waals surface area contributed by atoms with Gasteiger partial charge in [0, 0.05) is 6.04 Å². The number of nitrogens with one attached hydrogen (secondary N) is 1. The molecule has 0 aromatic rings. The molecule has 0 aliphatic rings. The molecule has 104 valence electrons. The predicted octanol–water partition coefficient (Wildman–Crippen LogP) is 4.40. The van der Waals surface area contributed by atoms with E-state index in [1.807, 2.05) is 0 Å². The average molecular weight is 242 g/mol. The number of hydrazine groups is 1. The molecule has 0 saturated carbocycles. The van der Waals surface area contributed by atoms with Crippen molar-refractivity contribution in [2.75, 3.05) is 0 Å². The number of rotatable bonds is 12. The van der Waals surface area contributed by atoms with Crippen molar-refractivity contribution in [2.24, 2.45) is 11.8 Å². The van der Waals surface area contributed by atoms with E-state index in [-0.39, 0.29) is 0 Å². The Bertz CT molecular complexity index is 146. The molecule has 0 aliphatic carbocycles. The van der Waals surface area contributed by atoms with Crippen molar-refractivity contribution in [1.29, 1.82) is 0 Å². The lowest BCUT2D eigenvalue weighted by molar-refractivity contribution is 0.408. The summed E-state index contributed by atoms with van der Waals surface area (Å²) in [6, 6.07) is 0.542. The van der Waals surface area contributed by atoms with Gasteiger partial charge in [-0.15, -0.1) is 0 Å². The molecule has 3 N–H and O–H groups in total. The zero-order valence-electron chi connectivity index (χ0n) is 12.3. The van der Waals surface area contributed by atoms with Crippen LogP contribution < -0.4 is 11.3 Å². The van der Waals surface area contributed by atoms with Crippen LogP contribution in [0.3, 0.4) is 0 Å². The number of hydrogen-bond donors (Lipinski definition) is 2. The molecule has 0 aliphatic heterocycles. The summed E-state index contributed by atoms with van der Waals surface area (Å²) in [5.74, 6) is 6.42. The van der Waals surface area contributed by atoms with Crippen LogP contribution in [0.1, 0.15) is 85.0 Å². The summed E-state index contributed by atoms with van der Waals surface area (Å²) >= 11 is 0. The summed E-state index contributed by atoms with van der Waals surface area (Å²) in [4.78, 5) is 0. The van der Waals surface area contributed by atoms with Gasteiger partial charge in [-0.05, 0) is 18.8 Å². The van der Waals surface area contributed by atoms with Gasteiger partial charge < -0.3 is 0 Å². The van der Waals surface area contributed by atoms with E-state index in [4.69, 9.17) is 5.84 Å². The first-order valence-corrected chi connectivity index (χ1v) is 7.66. The molecular weight excluding hydrogens is 208 g/mol. The van der Waals surface area contributed by atoms with Gasteiger partial charge in [0.05, 0.1) is 0 Å². The first-order valence-electron chi connectivity index (χ1n) is 7.66. The normalized spacial score (nSPS) is 13.2. The van der Waals surface area contributed by atoms with E-state index in [1.165, 1.54) is 64.2 Å². The van der Waals surface area contributed by atoms with Gasteiger partial charge in [-0.1, -0.05) is 72.1 Å². The maximum absolute atomic E-state index is 5.60. The number of nitrogens with two attached hydrogens (primary N) is 1. The second-order valence-electron chi connectivity index (χ2n) is 5.74. The molecule has 0 amide bonds. The van der Waals surface area contributed by atoms with E-state index in [1.54, 1.807) is 0 Å². The second kappa shape index (κ2) is 12.4. The van der Waals surface area contributed by atoms with Crippen molar-refractivity contribution < 1.29 is 0 Å². The zero-order chi connectivity index (χ0) is 12.9. The number of unbranched alkanes of at least 4 members (excludes halogenated alkanes) is 5. The molecule has 0 radical (unpaired) electrons. The molecule has 2 nitrogen and oxygen atoms in total. The minimum absolute atomic E-state index is 0.542. The van der Waals surface area contributed by atoms with E-state index in [2.05, 4.69) is 26.2 Å². The SMILES string of the molecule is CCCCCCCCC(CCCC(C)C)NN. The minimum atomic E-state index is 0.542. The molecule has 1 atom stereocenters. The molecule has 0 fully saturated rings. The van der Waals surface area contributed by atoms with Gasteiger partial charge in [0.15, 0.2) is 0 Å². The molecule has 1 unspecified atom stereocenters. The maximum Gasteiger partial charge on any atom is 0.0210 e. The van der Waals surface area contributed by atoms with Gasteiger partial charge in [0.1, 0.15) is 0 Å². The van der Waals surface area contributed by atoms with Crippen LogP contribution in [0.25, 0.3) is 0 Å². The van der Waals surface area contributed by atoms with Gasteiger partial charge in [0.25, 0.3) is 0 Å². The summed E-state index contributed by atoms with van der Waals surface area (Å²) in [6.07, 6.45) is 13.4. The fourth-order valence-electron chi connectivity index (χ4n) is 2.25. The van der Waals surface area contributed by atoms with Crippen molar-refractivity contribution in [3.8, 4) is 0 Å². The van der Waals surface area contributed by atoms with Gasteiger partial charge in [0.2, 0.25) is 0 Å². The van der Waals surface area contributed by atoms with Crippen LogP contribution in [0.4, 0.5) is 0 Å². The van der Waals surface area contributed by atoms with Crippen molar-refractivity contribution in [2.45, 2.75) is 91.0 Å². The van der Waals surface area contributed by atoms with E-state index in [0.717, 1.165) is 5.92 Å². The molecule has 0 rings (SSSR count). The summed E-state index contributed by atoms with van der Waals surface area (Å²) < 4.78 is 0. The van der Waals surface area contributed by atoms with Crippen LogP contribution in [0.2, 0.25) is 0 Å². The lowest BCUT2D eigenvalue weighted by Crippen LogP contribution is -2.35. The van der Waals surface area contributed by atoms with E-state index in [0.29, 0.717) is 6.04 Å². The standard InChI is InChI=1S/C15H34N2/c1-4-5-6-7-8-9-12-15(17-16)13-10-11-14(2)3/h14-15,17H,4-13,16H2,1-3H3. The lowest BCUT2D eigenvalue weighted by Gasteiger charge is -2.16. The third-order valence-corrected chi connectivity index (χ3v) is 3.48. The van der Waals surface area contributed by atoms with Crippen LogP contribution >= 0.6 is 0 Å². The Hall–Kier alpha value is -0.0800. The molecule has 0 saturated heterocycles. The highest BCUT2D eigenvalue weighted by Crippen LogP contribution is 2.13. The second-order valence-corrected chi connectivity index (χ2v) is 5.74. The zero-order valence-corrected chi connectivity index (χ0v) is 12.3. The van der Waals surface area contributed by atoms with Crippen molar-refractivity contribution in [3.63, 3.8) is 0 Å².